The van der Waals surface area contributed by atoms with Crippen LogP contribution >= 0.6 is 11.6 Å². The van der Waals surface area contributed by atoms with Crippen molar-refractivity contribution in [3.05, 3.63) is 34.9 Å². The monoisotopic (exact) mass is 212 g/mol. The highest BCUT2D eigenvalue weighted by molar-refractivity contribution is 6.27. The number of hydrogen-bond donors (Lipinski definition) is 0. The fourth-order valence-corrected chi connectivity index (χ4v) is 1.16. The maximum absolute atomic E-state index is 13.1. The summed E-state index contributed by atoms with van der Waals surface area (Å²) in [6.07, 6.45) is 0. The molecule has 3 nitrogen and oxygen atoms in total. The lowest BCUT2D eigenvalue weighted by Gasteiger charge is -1.97. The van der Waals surface area contributed by atoms with Crippen molar-refractivity contribution in [3.63, 3.8) is 0 Å². The van der Waals surface area contributed by atoms with Crippen LogP contribution in [0, 0.1) is 12.7 Å². The van der Waals surface area contributed by atoms with Crippen molar-refractivity contribution in [2.75, 3.05) is 0 Å². The first-order valence-electron chi connectivity index (χ1n) is 3.92. The average Bonchev–Trinajstić information content (AvgIpc) is 2.57. The third kappa shape index (κ3) is 1.61. The maximum Gasteiger partial charge on any atom is 0.313 e. The molecule has 0 fully saturated rings. The normalized spacial score (nSPS) is 10.5. The Bertz CT molecular complexity index is 470. The van der Waals surface area contributed by atoms with Crippen molar-refractivity contribution in [1.29, 1.82) is 0 Å². The molecule has 0 aliphatic carbocycles. The van der Waals surface area contributed by atoms with E-state index in [2.05, 4.69) is 10.2 Å². The van der Waals surface area contributed by atoms with E-state index in [9.17, 15) is 4.39 Å². The van der Waals surface area contributed by atoms with Crippen molar-refractivity contribution in [3.8, 4) is 11.5 Å². The zero-order valence-corrected chi connectivity index (χ0v) is 8.05. The van der Waals surface area contributed by atoms with Crippen LogP contribution in [0.5, 0.6) is 0 Å². The molecule has 0 saturated carbocycles. The highest BCUT2D eigenvalue weighted by Crippen LogP contribution is 2.21. The molecule has 0 saturated heterocycles. The quantitative estimate of drug-likeness (QED) is 0.730. The standard InChI is InChI=1S/C9H6ClFN2O/c1-5-2-3-6(4-7(5)11)8-12-13-9(10)14-8/h2-4H,1H3. The minimum absolute atomic E-state index is 0.0546. The lowest BCUT2D eigenvalue weighted by atomic mass is 10.1. The average molecular weight is 213 g/mol. The predicted octanol–water partition coefficient (Wildman–Crippen LogP) is 2.84. The van der Waals surface area contributed by atoms with E-state index in [1.165, 1.54) is 6.07 Å². The predicted molar refractivity (Wildman–Crippen MR) is 49.4 cm³/mol. The van der Waals surface area contributed by atoms with E-state index < -0.39 is 0 Å². The molecule has 2 rings (SSSR count). The Morgan fingerprint density at radius 1 is 1.36 bits per heavy atom. The molecule has 0 spiro atoms. The molecule has 0 unspecified atom stereocenters. The number of aromatic nitrogens is 2. The van der Waals surface area contributed by atoms with E-state index in [1.54, 1.807) is 19.1 Å². The van der Waals surface area contributed by atoms with Gasteiger partial charge in [-0.3, -0.25) is 0 Å². The molecule has 0 aliphatic heterocycles. The molecule has 0 radical (unpaired) electrons. The molecular weight excluding hydrogens is 207 g/mol. The first-order chi connectivity index (χ1) is 6.66. The first kappa shape index (κ1) is 9.15. The van der Waals surface area contributed by atoms with Crippen LogP contribution in [0.25, 0.3) is 11.5 Å². The van der Waals surface area contributed by atoms with Gasteiger partial charge in [-0.2, -0.15) is 0 Å². The largest absolute Gasteiger partial charge is 0.407 e. The lowest BCUT2D eigenvalue weighted by molar-refractivity contribution is 0.568. The van der Waals surface area contributed by atoms with E-state index in [0.29, 0.717) is 11.1 Å². The first-order valence-corrected chi connectivity index (χ1v) is 4.30. The van der Waals surface area contributed by atoms with Gasteiger partial charge in [0.15, 0.2) is 0 Å². The molecule has 0 aliphatic rings. The fraction of sp³-hybridized carbons (Fsp3) is 0.111. The molecule has 1 aromatic heterocycles. The van der Waals surface area contributed by atoms with Crippen molar-refractivity contribution >= 4 is 11.6 Å². The highest BCUT2D eigenvalue weighted by atomic mass is 35.5. The van der Waals surface area contributed by atoms with Gasteiger partial charge in [0.1, 0.15) is 5.82 Å². The van der Waals surface area contributed by atoms with Crippen LogP contribution in [0.1, 0.15) is 5.56 Å². The summed E-state index contributed by atoms with van der Waals surface area (Å²) in [7, 11) is 0. The molecular formula is C9H6ClFN2O. The van der Waals surface area contributed by atoms with Crippen LogP contribution in [0.15, 0.2) is 22.6 Å². The van der Waals surface area contributed by atoms with E-state index in [1.807, 2.05) is 0 Å². The topological polar surface area (TPSA) is 38.9 Å². The number of benzene rings is 1. The summed E-state index contributed by atoms with van der Waals surface area (Å²) in [6, 6.07) is 4.67. The van der Waals surface area contributed by atoms with Gasteiger partial charge < -0.3 is 4.42 Å². The summed E-state index contributed by atoms with van der Waals surface area (Å²) in [4.78, 5) is 0. The van der Waals surface area contributed by atoms with E-state index in [4.69, 9.17) is 16.0 Å². The minimum atomic E-state index is -0.308. The van der Waals surface area contributed by atoms with Crippen molar-refractivity contribution < 1.29 is 8.81 Å². The summed E-state index contributed by atoms with van der Waals surface area (Å²) in [5.74, 6) is -0.0919. The molecule has 0 N–H and O–H groups in total. The Balaban J connectivity index is 2.47. The van der Waals surface area contributed by atoms with Gasteiger partial charge in [0.25, 0.3) is 0 Å². The molecule has 14 heavy (non-hydrogen) atoms. The summed E-state index contributed by atoms with van der Waals surface area (Å²) >= 11 is 5.45. The Morgan fingerprint density at radius 3 is 2.71 bits per heavy atom. The molecule has 72 valence electrons. The van der Waals surface area contributed by atoms with Crippen molar-refractivity contribution in [1.82, 2.24) is 10.2 Å². The van der Waals surface area contributed by atoms with Crippen molar-refractivity contribution in [2.45, 2.75) is 6.92 Å². The maximum atomic E-state index is 13.1. The van der Waals surface area contributed by atoms with Gasteiger partial charge in [-0.25, -0.2) is 4.39 Å². The van der Waals surface area contributed by atoms with Gasteiger partial charge in [0.05, 0.1) is 0 Å². The Hall–Kier alpha value is -1.42. The van der Waals surface area contributed by atoms with Gasteiger partial charge in [0.2, 0.25) is 5.89 Å². The zero-order valence-electron chi connectivity index (χ0n) is 7.29. The van der Waals surface area contributed by atoms with E-state index >= 15 is 0 Å². The second-order valence-electron chi connectivity index (χ2n) is 2.82. The van der Waals surface area contributed by atoms with E-state index in [-0.39, 0.29) is 17.1 Å². The van der Waals surface area contributed by atoms with Crippen LogP contribution in [0.4, 0.5) is 4.39 Å². The molecule has 1 aromatic carbocycles. The minimum Gasteiger partial charge on any atom is -0.407 e. The number of nitrogens with zero attached hydrogens (tertiary/aromatic N) is 2. The van der Waals surface area contributed by atoms with Gasteiger partial charge in [0, 0.05) is 5.56 Å². The third-order valence-corrected chi connectivity index (χ3v) is 1.97. The van der Waals surface area contributed by atoms with Gasteiger partial charge in [-0.15, -0.1) is 5.10 Å². The number of rotatable bonds is 1. The molecule has 2 aromatic rings. The molecule has 1 heterocycles. The SMILES string of the molecule is Cc1ccc(-c2nnc(Cl)o2)cc1F. The second kappa shape index (κ2) is 3.38. The summed E-state index contributed by atoms with van der Waals surface area (Å²) < 4.78 is 18.1. The summed E-state index contributed by atoms with van der Waals surface area (Å²) in [6.45, 7) is 1.68. The number of halogens is 2. The zero-order chi connectivity index (χ0) is 10.1. The van der Waals surface area contributed by atoms with Crippen LogP contribution in [-0.4, -0.2) is 10.2 Å². The van der Waals surface area contributed by atoms with Gasteiger partial charge >= 0.3 is 5.35 Å². The number of hydrogen-bond acceptors (Lipinski definition) is 3. The van der Waals surface area contributed by atoms with Crippen LogP contribution in [0.2, 0.25) is 5.35 Å². The molecule has 0 amide bonds. The molecule has 0 atom stereocenters. The second-order valence-corrected chi connectivity index (χ2v) is 3.15. The third-order valence-electron chi connectivity index (χ3n) is 1.82. The summed E-state index contributed by atoms with van der Waals surface area (Å²) in [5, 5.41) is 7.06. The number of aryl methyl sites for hydroxylation is 1. The Labute approximate surface area is 84.5 Å². The Morgan fingerprint density at radius 2 is 2.14 bits per heavy atom. The van der Waals surface area contributed by atoms with Gasteiger partial charge in [-0.05, 0) is 36.2 Å². The fourth-order valence-electron chi connectivity index (χ4n) is 1.05. The van der Waals surface area contributed by atoms with Gasteiger partial charge in [-0.1, -0.05) is 11.2 Å². The van der Waals surface area contributed by atoms with Crippen LogP contribution in [0.3, 0.4) is 0 Å². The highest BCUT2D eigenvalue weighted by Gasteiger charge is 2.08. The van der Waals surface area contributed by atoms with Crippen LogP contribution in [-0.2, 0) is 0 Å². The summed E-state index contributed by atoms with van der Waals surface area (Å²) in [5.41, 5.74) is 1.09. The van der Waals surface area contributed by atoms with Crippen molar-refractivity contribution in [2.24, 2.45) is 0 Å². The molecule has 0 bridgehead atoms. The van der Waals surface area contributed by atoms with E-state index in [0.717, 1.165) is 0 Å². The lowest BCUT2D eigenvalue weighted by Crippen LogP contribution is -1.84. The molecule has 5 heteroatoms. The smallest absolute Gasteiger partial charge is 0.313 e. The Kier molecular flexibility index (Phi) is 2.21. The van der Waals surface area contributed by atoms with Crippen LogP contribution < -0.4 is 0 Å².